The number of methoxy groups -OCH3 is 1. The molecule has 3 fully saturated rings. The molecule has 1 saturated heterocycles. The molecule has 3 aliphatic rings. The largest absolute Gasteiger partial charge is 0.760 e. The van der Waals surface area contributed by atoms with Crippen LogP contribution in [0, 0.1) is 17.0 Å². The van der Waals surface area contributed by atoms with E-state index < -0.39 is 6.23 Å². The Labute approximate surface area is 157 Å². The lowest BCUT2D eigenvalue weighted by molar-refractivity contribution is -0.321. The predicted molar refractivity (Wildman–Crippen MR) is 95.0 cm³/mol. The number of thioether (sulfide) groups is 1. The summed E-state index contributed by atoms with van der Waals surface area (Å²) >= 11 is 1.02. The van der Waals surface area contributed by atoms with Gasteiger partial charge in [0.1, 0.15) is 0 Å². The fraction of sp³-hybridized carbons (Fsp3) is 0.765. The van der Waals surface area contributed by atoms with Crippen molar-refractivity contribution in [3.05, 3.63) is 17.0 Å². The Balaban J connectivity index is 1.28. The topological polar surface area (TPSA) is 91.4 Å². The van der Waals surface area contributed by atoms with Gasteiger partial charge < -0.3 is 14.7 Å². The molecule has 3 atom stereocenters. The average molecular weight is 385 g/mol. The van der Waals surface area contributed by atoms with Gasteiger partial charge in [0, 0.05) is 32.2 Å². The molecule has 0 spiro atoms. The molecule has 26 heavy (non-hydrogen) atoms. The highest BCUT2D eigenvalue weighted by molar-refractivity contribution is 8.13. The molecular formula is C17H25N2O6S-. The monoisotopic (exact) mass is 385 g/mol. The van der Waals surface area contributed by atoms with Crippen molar-refractivity contribution >= 4 is 22.8 Å². The normalized spacial score (nSPS) is 29.3. The highest BCUT2D eigenvalue weighted by atomic mass is 32.2. The number of fused-ring (bicyclic) bond motifs is 2. The third-order valence-electron chi connectivity index (χ3n) is 5.13. The number of hydrogen-bond acceptors (Lipinski definition) is 8. The Bertz CT molecular complexity index is 557. The van der Waals surface area contributed by atoms with Crippen LogP contribution in [0.4, 0.5) is 0 Å². The summed E-state index contributed by atoms with van der Waals surface area (Å²) in [5.74, 6) is 1.43. The van der Waals surface area contributed by atoms with Gasteiger partial charge in [0.25, 0.3) is 0 Å². The zero-order chi connectivity index (χ0) is 18.5. The first-order valence-electron chi connectivity index (χ1n) is 9.00. The van der Waals surface area contributed by atoms with Crippen LogP contribution < -0.4 is 0 Å². The summed E-state index contributed by atoms with van der Waals surface area (Å²) in [5.41, 5.74) is 1.33. The first-order valence-corrected chi connectivity index (χ1v) is 9.99. The molecular weight excluding hydrogens is 360 g/mol. The van der Waals surface area contributed by atoms with Crippen LogP contribution in [-0.2, 0) is 24.0 Å². The molecule has 3 rings (SSSR count). The van der Waals surface area contributed by atoms with E-state index in [1.165, 1.54) is 31.9 Å². The third-order valence-corrected chi connectivity index (χ3v) is 5.95. The Morgan fingerprint density at radius 3 is 2.96 bits per heavy atom. The molecule has 0 radical (unpaired) electrons. The minimum Gasteiger partial charge on any atom is -0.760 e. The fourth-order valence-corrected chi connectivity index (χ4v) is 4.44. The lowest BCUT2D eigenvalue weighted by Crippen LogP contribution is -2.40. The molecule has 146 valence electrons. The van der Waals surface area contributed by atoms with Gasteiger partial charge in [-0.2, -0.15) is 10.0 Å². The lowest BCUT2D eigenvalue weighted by atomic mass is 9.96. The van der Waals surface area contributed by atoms with Crippen molar-refractivity contribution in [1.29, 1.82) is 0 Å². The number of hydrogen-bond donors (Lipinski definition) is 0. The zero-order valence-electron chi connectivity index (χ0n) is 14.9. The van der Waals surface area contributed by atoms with E-state index in [9.17, 15) is 14.8 Å². The number of ether oxygens (including phenoxy) is 2. The summed E-state index contributed by atoms with van der Waals surface area (Å²) in [4.78, 5) is 28.4. The number of carbonyl (C=O) groups excluding carboxylic acids is 2. The summed E-state index contributed by atoms with van der Waals surface area (Å²) in [5, 5.41) is 12.8. The minimum absolute atomic E-state index is 0.00161. The molecule has 9 heteroatoms. The second-order valence-corrected chi connectivity index (χ2v) is 8.04. The van der Waals surface area contributed by atoms with E-state index in [2.05, 4.69) is 0 Å². The van der Waals surface area contributed by atoms with Gasteiger partial charge in [-0.1, -0.05) is 11.8 Å². The summed E-state index contributed by atoms with van der Waals surface area (Å²) in [7, 11) is 1.45. The van der Waals surface area contributed by atoms with Crippen LogP contribution in [0.25, 0.3) is 0 Å². The second-order valence-electron chi connectivity index (χ2n) is 6.89. The highest BCUT2D eigenvalue weighted by Gasteiger charge is 2.35. The SMILES string of the molecule is COC1CCC(=O)N1ON([O-])CCSC(=O)CO/C=C1\CC2CCC1C2. The maximum Gasteiger partial charge on any atom is 0.250 e. The molecule has 0 aromatic carbocycles. The molecule has 8 nitrogen and oxygen atoms in total. The first kappa shape index (κ1) is 19.6. The minimum atomic E-state index is -0.541. The molecule has 0 aromatic rings. The molecule has 2 bridgehead atoms. The Hall–Kier alpha value is -1.13. The number of allylic oxidation sites excluding steroid dienone is 1. The van der Waals surface area contributed by atoms with Gasteiger partial charge in [0.05, 0.1) is 6.26 Å². The van der Waals surface area contributed by atoms with Crippen molar-refractivity contribution in [2.24, 2.45) is 11.8 Å². The van der Waals surface area contributed by atoms with Gasteiger partial charge in [-0.15, -0.1) is 0 Å². The maximum atomic E-state index is 11.8. The zero-order valence-corrected chi connectivity index (χ0v) is 15.7. The molecule has 1 aliphatic heterocycles. The van der Waals surface area contributed by atoms with Crippen molar-refractivity contribution in [2.45, 2.75) is 44.8 Å². The fourth-order valence-electron chi connectivity index (χ4n) is 3.82. The van der Waals surface area contributed by atoms with Crippen molar-refractivity contribution in [2.75, 3.05) is 26.0 Å². The van der Waals surface area contributed by atoms with Crippen LogP contribution in [-0.4, -0.2) is 53.6 Å². The summed E-state index contributed by atoms with van der Waals surface area (Å²) in [6, 6.07) is 0. The van der Waals surface area contributed by atoms with Gasteiger partial charge >= 0.3 is 0 Å². The van der Waals surface area contributed by atoms with Crippen LogP contribution in [0.2, 0.25) is 0 Å². The van der Waals surface area contributed by atoms with E-state index in [0.717, 1.165) is 29.2 Å². The molecule has 3 unspecified atom stereocenters. The van der Waals surface area contributed by atoms with E-state index in [-0.39, 0.29) is 36.3 Å². The van der Waals surface area contributed by atoms with Crippen LogP contribution in [0.15, 0.2) is 11.8 Å². The van der Waals surface area contributed by atoms with Crippen molar-refractivity contribution in [3.63, 3.8) is 0 Å². The van der Waals surface area contributed by atoms with Gasteiger partial charge in [-0.25, -0.2) is 5.23 Å². The number of amides is 1. The summed E-state index contributed by atoms with van der Waals surface area (Å²) < 4.78 is 10.5. The van der Waals surface area contributed by atoms with E-state index in [1.807, 2.05) is 0 Å². The van der Waals surface area contributed by atoms with Crippen LogP contribution >= 0.6 is 11.8 Å². The van der Waals surface area contributed by atoms with Crippen LogP contribution in [0.5, 0.6) is 0 Å². The second kappa shape index (κ2) is 9.18. The number of nitrogens with zero attached hydrogens (tertiary/aromatic N) is 2. The highest BCUT2D eigenvalue weighted by Crippen LogP contribution is 2.47. The Kier molecular flexibility index (Phi) is 6.93. The van der Waals surface area contributed by atoms with Crippen molar-refractivity contribution in [1.82, 2.24) is 10.3 Å². The molecule has 1 heterocycles. The average Bonchev–Trinajstić information content (AvgIpc) is 3.32. The van der Waals surface area contributed by atoms with Crippen molar-refractivity contribution < 1.29 is 24.0 Å². The first-order chi connectivity index (χ1) is 12.6. The summed E-state index contributed by atoms with van der Waals surface area (Å²) in [6.45, 7) is -0.0386. The van der Waals surface area contributed by atoms with Crippen LogP contribution in [0.1, 0.15) is 38.5 Å². The molecule has 2 saturated carbocycles. The standard InChI is InChI=1S/C17H25N2O6S/c1-23-16-5-4-15(20)19(16)25-18(22)6-7-26-17(21)11-24-10-14-9-12-2-3-13(14)8-12/h10,12-13,16H,2-9,11H2,1H3/q-1/b14-10+. The van der Waals surface area contributed by atoms with E-state index in [4.69, 9.17) is 14.4 Å². The number of carbonyl (C=O) groups is 2. The van der Waals surface area contributed by atoms with E-state index >= 15 is 0 Å². The molecule has 2 aliphatic carbocycles. The van der Waals surface area contributed by atoms with Crippen molar-refractivity contribution in [3.8, 4) is 0 Å². The van der Waals surface area contributed by atoms with Gasteiger partial charge in [0.2, 0.25) is 11.0 Å². The maximum absolute atomic E-state index is 11.8. The number of hydroxylamine groups is 4. The smallest absolute Gasteiger partial charge is 0.250 e. The third kappa shape index (κ3) is 4.98. The lowest BCUT2D eigenvalue weighted by Gasteiger charge is -2.32. The Morgan fingerprint density at radius 2 is 2.27 bits per heavy atom. The predicted octanol–water partition coefficient (Wildman–Crippen LogP) is 2.21. The van der Waals surface area contributed by atoms with Gasteiger partial charge in [0.15, 0.2) is 12.8 Å². The van der Waals surface area contributed by atoms with E-state index in [0.29, 0.717) is 17.6 Å². The van der Waals surface area contributed by atoms with Gasteiger partial charge in [-0.05, 0) is 43.1 Å². The Morgan fingerprint density at radius 1 is 1.42 bits per heavy atom. The summed E-state index contributed by atoms with van der Waals surface area (Å²) in [6.07, 6.45) is 6.92. The number of rotatable bonds is 9. The molecule has 0 N–H and O–H groups in total. The quantitative estimate of drug-likeness (QED) is 0.441. The van der Waals surface area contributed by atoms with E-state index in [1.54, 1.807) is 6.26 Å². The van der Waals surface area contributed by atoms with Crippen LogP contribution in [0.3, 0.4) is 0 Å². The molecule has 1 amide bonds. The molecule has 0 aromatic heterocycles. The van der Waals surface area contributed by atoms with Gasteiger partial charge in [-0.3, -0.25) is 9.59 Å².